The molecule has 0 radical (unpaired) electrons. The van der Waals surface area contributed by atoms with Crippen LogP contribution in [-0.2, 0) is 38.9 Å². The monoisotopic (exact) mass is 417 g/mol. The molecule has 12 heteroatoms. The molecule has 0 aromatic carbocycles. The predicted octanol–water partition coefficient (Wildman–Crippen LogP) is -0.144. The van der Waals surface area contributed by atoms with Crippen molar-refractivity contribution in [1.29, 1.82) is 5.26 Å². The summed E-state index contributed by atoms with van der Waals surface area (Å²) in [6, 6.07) is 5.10. The Bertz CT molecular complexity index is 1050. The third-order valence-corrected chi connectivity index (χ3v) is 4.48. The van der Waals surface area contributed by atoms with Crippen LogP contribution in [0.15, 0.2) is 18.5 Å². The van der Waals surface area contributed by atoms with Gasteiger partial charge in [0, 0.05) is 20.8 Å². The Morgan fingerprint density at radius 1 is 1.23 bits per heavy atom. The molecule has 2 aromatic rings. The molecule has 3 rings (SSSR count). The average molecular weight is 417 g/mol. The number of nitrogens with two attached hydrogens (primary N) is 1. The number of carbonyl (C=O) groups excluding carboxylic acids is 3. The fourth-order valence-corrected chi connectivity index (χ4v) is 3.37. The summed E-state index contributed by atoms with van der Waals surface area (Å²) in [4.78, 5) is 38.7. The number of hydrogen-bond donors (Lipinski definition) is 1. The molecule has 12 nitrogen and oxygen atoms in total. The Morgan fingerprint density at radius 2 is 1.93 bits per heavy atom. The SMILES string of the molecule is CC(=O)OCC1O[C@@](C#N)(c2ccc3c(N)ncnn23)[C@H](OC(C)=O)[C@@H]1OC(C)=O. The number of rotatable bonds is 5. The molecule has 30 heavy (non-hydrogen) atoms. The number of carbonyl (C=O) groups is 3. The molecular weight excluding hydrogens is 398 g/mol. The van der Waals surface area contributed by atoms with Crippen LogP contribution < -0.4 is 5.73 Å². The normalized spacial score (nSPS) is 25.5. The van der Waals surface area contributed by atoms with Crippen LogP contribution in [0.25, 0.3) is 5.52 Å². The fraction of sp³-hybridized carbons (Fsp3) is 0.444. The van der Waals surface area contributed by atoms with Crippen molar-refractivity contribution in [2.24, 2.45) is 0 Å². The van der Waals surface area contributed by atoms with E-state index in [9.17, 15) is 19.6 Å². The van der Waals surface area contributed by atoms with Crippen molar-refractivity contribution in [3.05, 3.63) is 24.2 Å². The van der Waals surface area contributed by atoms with Crippen molar-refractivity contribution in [3.8, 4) is 6.07 Å². The van der Waals surface area contributed by atoms with E-state index in [-0.39, 0.29) is 18.1 Å². The van der Waals surface area contributed by atoms with Gasteiger partial charge in [-0.25, -0.2) is 9.50 Å². The van der Waals surface area contributed by atoms with Gasteiger partial charge in [0.05, 0.1) is 5.69 Å². The number of nitrogen functional groups attached to an aromatic ring is 1. The molecule has 1 aliphatic rings. The Morgan fingerprint density at radius 3 is 2.53 bits per heavy atom. The van der Waals surface area contributed by atoms with Gasteiger partial charge in [-0.3, -0.25) is 14.4 Å². The lowest BCUT2D eigenvalue weighted by Gasteiger charge is -2.28. The highest BCUT2D eigenvalue weighted by molar-refractivity contribution is 5.69. The van der Waals surface area contributed by atoms with Gasteiger partial charge < -0.3 is 24.7 Å². The number of nitrogens with zero attached hydrogens (tertiary/aromatic N) is 4. The zero-order chi connectivity index (χ0) is 22.1. The van der Waals surface area contributed by atoms with Crippen LogP contribution in [0.1, 0.15) is 26.5 Å². The largest absolute Gasteiger partial charge is 0.463 e. The minimum Gasteiger partial charge on any atom is -0.463 e. The lowest BCUT2D eigenvalue weighted by Crippen LogP contribution is -2.45. The van der Waals surface area contributed by atoms with Gasteiger partial charge in [-0.1, -0.05) is 0 Å². The second-order valence-electron chi connectivity index (χ2n) is 6.57. The molecule has 158 valence electrons. The van der Waals surface area contributed by atoms with Crippen LogP contribution in [-0.4, -0.2) is 57.4 Å². The van der Waals surface area contributed by atoms with Gasteiger partial charge in [0.1, 0.15) is 30.6 Å². The van der Waals surface area contributed by atoms with E-state index in [1.165, 1.54) is 23.8 Å². The molecule has 2 aromatic heterocycles. The fourth-order valence-electron chi connectivity index (χ4n) is 3.37. The minimum absolute atomic E-state index is 0.152. The van der Waals surface area contributed by atoms with E-state index < -0.39 is 41.8 Å². The number of fused-ring (bicyclic) bond motifs is 1. The summed E-state index contributed by atoms with van der Waals surface area (Å²) in [6.07, 6.45) is -2.51. The van der Waals surface area contributed by atoms with E-state index in [4.69, 9.17) is 24.7 Å². The molecular formula is C18H19N5O7. The van der Waals surface area contributed by atoms with Gasteiger partial charge >= 0.3 is 17.9 Å². The van der Waals surface area contributed by atoms with Crippen molar-refractivity contribution >= 4 is 29.2 Å². The third-order valence-electron chi connectivity index (χ3n) is 4.48. The third kappa shape index (κ3) is 3.62. The van der Waals surface area contributed by atoms with Gasteiger partial charge in [-0.05, 0) is 12.1 Å². The summed E-state index contributed by atoms with van der Waals surface area (Å²) in [6.45, 7) is 3.15. The van der Waals surface area contributed by atoms with Gasteiger partial charge in [0.25, 0.3) is 0 Å². The van der Waals surface area contributed by atoms with Gasteiger partial charge in [0.15, 0.2) is 18.0 Å². The van der Waals surface area contributed by atoms with E-state index in [2.05, 4.69) is 10.1 Å². The lowest BCUT2D eigenvalue weighted by molar-refractivity contribution is -0.167. The molecule has 0 amide bonds. The van der Waals surface area contributed by atoms with Crippen molar-refractivity contribution in [3.63, 3.8) is 0 Å². The minimum atomic E-state index is -1.94. The highest BCUT2D eigenvalue weighted by Crippen LogP contribution is 2.43. The van der Waals surface area contributed by atoms with Crippen molar-refractivity contribution in [1.82, 2.24) is 14.6 Å². The summed E-state index contributed by atoms with van der Waals surface area (Å²) in [5, 5.41) is 14.2. The highest BCUT2D eigenvalue weighted by Gasteiger charge is 2.62. The first-order chi connectivity index (χ1) is 14.2. The molecule has 0 bridgehead atoms. The molecule has 1 fully saturated rings. The second-order valence-corrected chi connectivity index (χ2v) is 6.57. The first kappa shape index (κ1) is 21.0. The lowest BCUT2D eigenvalue weighted by atomic mass is 9.92. The molecule has 0 aliphatic carbocycles. The smallest absolute Gasteiger partial charge is 0.303 e. The Hall–Kier alpha value is -3.72. The molecule has 1 saturated heterocycles. The number of hydrogen-bond acceptors (Lipinski definition) is 11. The van der Waals surface area contributed by atoms with Crippen molar-refractivity contribution < 1.29 is 33.3 Å². The maximum Gasteiger partial charge on any atom is 0.303 e. The molecule has 1 aliphatic heterocycles. The van der Waals surface area contributed by atoms with Crippen LogP contribution in [0.4, 0.5) is 5.82 Å². The van der Waals surface area contributed by atoms with Gasteiger partial charge in [-0.15, -0.1) is 0 Å². The maximum absolute atomic E-state index is 11.8. The molecule has 0 spiro atoms. The summed E-state index contributed by atoms with van der Waals surface area (Å²) in [5.74, 6) is -1.89. The van der Waals surface area contributed by atoms with E-state index in [0.29, 0.717) is 5.52 Å². The van der Waals surface area contributed by atoms with Gasteiger partial charge in [-0.2, -0.15) is 10.4 Å². The van der Waals surface area contributed by atoms with Crippen LogP contribution in [0.2, 0.25) is 0 Å². The molecule has 0 saturated carbocycles. The summed E-state index contributed by atoms with van der Waals surface area (Å²) < 4.78 is 23.0. The Balaban J connectivity index is 2.17. The first-order valence-corrected chi connectivity index (χ1v) is 8.85. The Kier molecular flexibility index (Phi) is 5.57. The number of ether oxygens (including phenoxy) is 4. The zero-order valence-corrected chi connectivity index (χ0v) is 16.4. The summed E-state index contributed by atoms with van der Waals surface area (Å²) in [5.41, 5.74) is 4.48. The van der Waals surface area contributed by atoms with E-state index in [1.807, 2.05) is 6.07 Å². The number of esters is 3. The number of aromatic nitrogens is 3. The van der Waals surface area contributed by atoms with E-state index in [1.54, 1.807) is 6.07 Å². The Labute approximate surface area is 170 Å². The number of anilines is 1. The van der Waals surface area contributed by atoms with Crippen molar-refractivity contribution in [2.75, 3.05) is 12.3 Å². The zero-order valence-electron chi connectivity index (χ0n) is 16.4. The van der Waals surface area contributed by atoms with Crippen LogP contribution in [0, 0.1) is 11.3 Å². The number of nitriles is 1. The van der Waals surface area contributed by atoms with Crippen molar-refractivity contribution in [2.45, 2.75) is 44.7 Å². The summed E-state index contributed by atoms with van der Waals surface area (Å²) >= 11 is 0. The molecule has 3 heterocycles. The molecule has 2 N–H and O–H groups in total. The maximum atomic E-state index is 11.8. The second kappa shape index (κ2) is 7.96. The van der Waals surface area contributed by atoms with Crippen LogP contribution >= 0.6 is 0 Å². The standard InChI is InChI=1S/C18H19N5O7/c1-9(24)27-6-13-15(28-10(2)25)16(29-11(3)26)18(7-19,30-13)14-5-4-12-17(20)21-8-22-23(12)14/h4-5,8,13,15-16H,6H2,1-3H3,(H2,20,21,22)/t13?,15-,16-,18+/m1/s1. The molecule has 4 atom stereocenters. The van der Waals surface area contributed by atoms with Crippen LogP contribution in [0.5, 0.6) is 0 Å². The summed E-state index contributed by atoms with van der Waals surface area (Å²) in [7, 11) is 0. The van der Waals surface area contributed by atoms with E-state index >= 15 is 0 Å². The topological polar surface area (TPSA) is 168 Å². The average Bonchev–Trinajstić information content (AvgIpc) is 3.21. The van der Waals surface area contributed by atoms with E-state index in [0.717, 1.165) is 13.8 Å². The molecule has 1 unspecified atom stereocenters. The first-order valence-electron chi connectivity index (χ1n) is 8.85. The highest BCUT2D eigenvalue weighted by atomic mass is 16.7. The van der Waals surface area contributed by atoms with Crippen LogP contribution in [0.3, 0.4) is 0 Å². The van der Waals surface area contributed by atoms with Gasteiger partial charge in [0.2, 0.25) is 5.60 Å². The predicted molar refractivity (Wildman–Crippen MR) is 97.3 cm³/mol. The quantitative estimate of drug-likeness (QED) is 0.507.